The second-order valence-electron chi connectivity index (χ2n) is 7.58. The number of nitrogens with one attached hydrogen (secondary N) is 1. The number of rotatable bonds is 10. The molecule has 4 nitrogen and oxygen atoms in total. The van der Waals surface area contributed by atoms with Crippen LogP contribution in [0.25, 0.3) is 0 Å². The molecule has 0 aliphatic heterocycles. The normalized spacial score (nSPS) is 12.0. The molecule has 0 fully saturated rings. The molecule has 8 heteroatoms. The van der Waals surface area contributed by atoms with Gasteiger partial charge < -0.3 is 10.2 Å². The largest absolute Gasteiger partial charge is 0.354 e. The lowest BCUT2D eigenvalue weighted by Gasteiger charge is -2.31. The molecule has 0 radical (unpaired) electrons. The van der Waals surface area contributed by atoms with Crippen LogP contribution in [0.15, 0.2) is 47.4 Å². The first-order valence-corrected chi connectivity index (χ1v) is 12.2. The van der Waals surface area contributed by atoms with Crippen LogP contribution in [-0.2, 0) is 16.1 Å². The highest BCUT2D eigenvalue weighted by Crippen LogP contribution is 2.25. The molecule has 0 aliphatic carbocycles. The summed E-state index contributed by atoms with van der Waals surface area (Å²) in [4.78, 5) is 28.7. The fourth-order valence-electron chi connectivity index (χ4n) is 2.94. The van der Waals surface area contributed by atoms with E-state index in [1.807, 2.05) is 39.0 Å². The van der Waals surface area contributed by atoms with E-state index in [2.05, 4.69) is 5.32 Å². The lowest BCUT2D eigenvalue weighted by molar-refractivity contribution is -0.139. The lowest BCUT2D eigenvalue weighted by Crippen LogP contribution is -2.50. The van der Waals surface area contributed by atoms with E-state index in [4.69, 9.17) is 34.8 Å². The summed E-state index contributed by atoms with van der Waals surface area (Å²) < 4.78 is 0. The van der Waals surface area contributed by atoms with E-state index < -0.39 is 6.04 Å². The van der Waals surface area contributed by atoms with E-state index in [9.17, 15) is 9.59 Å². The first-order valence-electron chi connectivity index (χ1n) is 10.1. The zero-order chi connectivity index (χ0) is 23.0. The summed E-state index contributed by atoms with van der Waals surface area (Å²) in [6.07, 6.45) is 0.503. The first kappa shape index (κ1) is 25.9. The number of amides is 2. The quantitative estimate of drug-likeness (QED) is 0.388. The number of benzene rings is 2. The van der Waals surface area contributed by atoms with Crippen LogP contribution in [0.3, 0.4) is 0 Å². The molecule has 1 N–H and O–H groups in total. The summed E-state index contributed by atoms with van der Waals surface area (Å²) in [5.41, 5.74) is 0.814. The van der Waals surface area contributed by atoms with Crippen LogP contribution in [0, 0.1) is 5.92 Å². The Bertz CT molecular complexity index is 891. The van der Waals surface area contributed by atoms with Crippen molar-refractivity contribution >= 4 is 58.4 Å². The predicted molar refractivity (Wildman–Crippen MR) is 131 cm³/mol. The van der Waals surface area contributed by atoms with Crippen molar-refractivity contribution in [3.05, 3.63) is 63.1 Å². The first-order chi connectivity index (χ1) is 14.7. The van der Waals surface area contributed by atoms with Crippen molar-refractivity contribution in [1.29, 1.82) is 0 Å². The summed E-state index contributed by atoms with van der Waals surface area (Å²) in [7, 11) is 0. The van der Waals surface area contributed by atoms with Crippen LogP contribution in [0.1, 0.15) is 32.8 Å². The standard InChI is InChI=1S/C23H27Cl3N2O2S/c1-4-21(23(30)27-12-15(2)3)28(13-16-5-10-19(25)20(26)11-16)22(29)14-31-18-8-6-17(24)7-9-18/h5-11,15,21H,4,12-14H2,1-3H3,(H,27,30)/t21-/m1/s1. The Morgan fingerprint density at radius 3 is 2.29 bits per heavy atom. The van der Waals surface area contributed by atoms with Crippen LogP contribution < -0.4 is 5.32 Å². The fourth-order valence-corrected chi connectivity index (χ4v) is 4.17. The molecule has 2 aromatic rings. The third-order valence-electron chi connectivity index (χ3n) is 4.58. The van der Waals surface area contributed by atoms with Gasteiger partial charge in [0.2, 0.25) is 11.8 Å². The van der Waals surface area contributed by atoms with Crippen molar-refractivity contribution < 1.29 is 9.59 Å². The van der Waals surface area contributed by atoms with Crippen LogP contribution in [-0.4, -0.2) is 35.1 Å². The average Bonchev–Trinajstić information content (AvgIpc) is 2.74. The van der Waals surface area contributed by atoms with Crippen LogP contribution in [0.5, 0.6) is 0 Å². The van der Waals surface area contributed by atoms with Crippen LogP contribution in [0.2, 0.25) is 15.1 Å². The van der Waals surface area contributed by atoms with Crippen LogP contribution >= 0.6 is 46.6 Å². The SMILES string of the molecule is CC[C@H](C(=O)NCC(C)C)N(Cc1ccc(Cl)c(Cl)c1)C(=O)CSc1ccc(Cl)cc1. The third-order valence-corrected chi connectivity index (χ3v) is 6.57. The van der Waals surface area contributed by atoms with Crippen molar-refractivity contribution in [2.75, 3.05) is 12.3 Å². The Balaban J connectivity index is 2.21. The zero-order valence-electron chi connectivity index (χ0n) is 17.8. The van der Waals surface area contributed by atoms with Crippen molar-refractivity contribution in [2.24, 2.45) is 5.92 Å². The van der Waals surface area contributed by atoms with E-state index in [0.29, 0.717) is 34.0 Å². The van der Waals surface area contributed by atoms with Gasteiger partial charge in [0.25, 0.3) is 0 Å². The van der Waals surface area contributed by atoms with Crippen molar-refractivity contribution in [3.63, 3.8) is 0 Å². The number of hydrogen-bond acceptors (Lipinski definition) is 3. The molecule has 0 saturated carbocycles. The minimum absolute atomic E-state index is 0.127. The van der Waals surface area contributed by atoms with Gasteiger partial charge in [-0.2, -0.15) is 0 Å². The number of thioether (sulfide) groups is 1. The van der Waals surface area contributed by atoms with Gasteiger partial charge in [-0.15, -0.1) is 11.8 Å². The smallest absolute Gasteiger partial charge is 0.242 e. The number of nitrogens with zero attached hydrogens (tertiary/aromatic N) is 1. The van der Waals surface area contributed by atoms with E-state index in [-0.39, 0.29) is 24.1 Å². The second-order valence-corrected chi connectivity index (χ2v) is 9.88. The summed E-state index contributed by atoms with van der Waals surface area (Å²) >= 11 is 19.5. The molecule has 2 amide bonds. The number of carbonyl (C=O) groups excluding carboxylic acids is 2. The molecule has 2 aromatic carbocycles. The summed E-state index contributed by atoms with van der Waals surface area (Å²) in [5.74, 6) is 0.247. The molecule has 31 heavy (non-hydrogen) atoms. The molecule has 168 valence electrons. The third kappa shape index (κ3) is 8.23. The van der Waals surface area contributed by atoms with Crippen LogP contribution in [0.4, 0.5) is 0 Å². The molecular formula is C23H27Cl3N2O2S. The van der Waals surface area contributed by atoms with Gasteiger partial charge in [0.05, 0.1) is 15.8 Å². The molecule has 0 aliphatic rings. The summed E-state index contributed by atoms with van der Waals surface area (Å²) in [5, 5.41) is 4.46. The van der Waals surface area contributed by atoms with Crippen molar-refractivity contribution in [2.45, 2.75) is 44.7 Å². The Labute approximate surface area is 203 Å². The zero-order valence-corrected chi connectivity index (χ0v) is 20.9. The minimum atomic E-state index is -0.577. The summed E-state index contributed by atoms with van der Waals surface area (Å²) in [6.45, 7) is 6.79. The number of hydrogen-bond donors (Lipinski definition) is 1. The van der Waals surface area contributed by atoms with Gasteiger partial charge in [-0.05, 0) is 54.3 Å². The van der Waals surface area contributed by atoms with Gasteiger partial charge in [0.15, 0.2) is 0 Å². The predicted octanol–water partition coefficient (Wildman–Crippen LogP) is 6.32. The maximum atomic E-state index is 13.2. The minimum Gasteiger partial charge on any atom is -0.354 e. The second kappa shape index (κ2) is 12.6. The molecule has 0 saturated heterocycles. The van der Waals surface area contributed by atoms with E-state index in [0.717, 1.165) is 10.5 Å². The molecule has 0 spiro atoms. The Morgan fingerprint density at radius 1 is 1.03 bits per heavy atom. The topological polar surface area (TPSA) is 49.4 Å². The van der Waals surface area contributed by atoms with Gasteiger partial charge in [0, 0.05) is 23.0 Å². The van der Waals surface area contributed by atoms with Gasteiger partial charge >= 0.3 is 0 Å². The Morgan fingerprint density at radius 2 is 1.71 bits per heavy atom. The fraction of sp³-hybridized carbons (Fsp3) is 0.391. The van der Waals surface area contributed by atoms with Crippen molar-refractivity contribution in [3.8, 4) is 0 Å². The number of carbonyl (C=O) groups is 2. The van der Waals surface area contributed by atoms with Crippen molar-refractivity contribution in [1.82, 2.24) is 10.2 Å². The monoisotopic (exact) mass is 500 g/mol. The Kier molecular flexibility index (Phi) is 10.5. The highest BCUT2D eigenvalue weighted by Gasteiger charge is 2.28. The maximum absolute atomic E-state index is 13.2. The van der Waals surface area contributed by atoms with E-state index in [1.165, 1.54) is 11.8 Å². The molecule has 0 aromatic heterocycles. The molecule has 2 rings (SSSR count). The van der Waals surface area contributed by atoms with Gasteiger partial charge in [-0.25, -0.2) is 0 Å². The lowest BCUT2D eigenvalue weighted by atomic mass is 10.1. The molecular weight excluding hydrogens is 475 g/mol. The van der Waals surface area contributed by atoms with E-state index in [1.54, 1.807) is 29.2 Å². The molecule has 0 bridgehead atoms. The van der Waals surface area contributed by atoms with Gasteiger partial charge in [-0.1, -0.05) is 61.6 Å². The number of halogens is 3. The highest BCUT2D eigenvalue weighted by molar-refractivity contribution is 8.00. The maximum Gasteiger partial charge on any atom is 0.242 e. The molecule has 0 unspecified atom stereocenters. The Hall–Kier alpha value is -1.40. The summed E-state index contributed by atoms with van der Waals surface area (Å²) in [6, 6.07) is 12.0. The van der Waals surface area contributed by atoms with E-state index >= 15 is 0 Å². The van der Waals surface area contributed by atoms with Gasteiger partial charge in [-0.3, -0.25) is 9.59 Å². The molecule has 0 heterocycles. The highest BCUT2D eigenvalue weighted by atomic mass is 35.5. The average molecular weight is 502 g/mol. The van der Waals surface area contributed by atoms with Gasteiger partial charge in [0.1, 0.15) is 6.04 Å². The molecule has 1 atom stereocenters.